The summed E-state index contributed by atoms with van der Waals surface area (Å²) in [5, 5.41) is 17.0. The summed E-state index contributed by atoms with van der Waals surface area (Å²) in [5.41, 5.74) is 1.51. The second-order valence-electron chi connectivity index (χ2n) is 5.80. The second-order valence-corrected chi connectivity index (χ2v) is 5.80. The van der Waals surface area contributed by atoms with Crippen molar-refractivity contribution in [2.45, 2.75) is 32.1 Å². The third kappa shape index (κ3) is 7.34. The Bertz CT molecular complexity index is 697. The number of carboxylic acid groups (broad SMARTS) is 1. The number of hydrogen-bond donors (Lipinski definition) is 1. The molecule has 1 N–H and O–H groups in total. The van der Waals surface area contributed by atoms with Crippen molar-refractivity contribution in [1.29, 1.82) is 0 Å². The zero-order valence-electron chi connectivity index (χ0n) is 14.9. The molecule has 0 aliphatic carbocycles. The number of hydrogen-bond acceptors (Lipinski definition) is 5. The van der Waals surface area contributed by atoms with Gasteiger partial charge >= 0.3 is 5.97 Å². The van der Waals surface area contributed by atoms with E-state index in [-0.39, 0.29) is 6.42 Å². The van der Waals surface area contributed by atoms with Crippen LogP contribution in [0.2, 0.25) is 0 Å². The topological polar surface area (TPSA) is 80.5 Å². The van der Waals surface area contributed by atoms with Crippen LogP contribution in [-0.4, -0.2) is 24.8 Å². The standard InChI is InChI=1S/C20H24N2O4/c1-25-18-11-7-16(8-12-18)21-22-17-9-13-19(14-10-17)26-15-5-3-2-4-6-20(23)24/h7-14H,2-6,15H2,1H3,(H,23,24). The molecule has 2 aromatic rings. The average Bonchev–Trinajstić information content (AvgIpc) is 2.66. The van der Waals surface area contributed by atoms with Gasteiger partial charge in [0.2, 0.25) is 0 Å². The molecule has 6 heteroatoms. The van der Waals surface area contributed by atoms with Gasteiger partial charge in [0.25, 0.3) is 0 Å². The van der Waals surface area contributed by atoms with E-state index in [1.54, 1.807) is 7.11 Å². The number of unbranched alkanes of at least 4 members (excludes halogenated alkanes) is 3. The van der Waals surface area contributed by atoms with E-state index in [1.807, 2.05) is 48.5 Å². The van der Waals surface area contributed by atoms with E-state index >= 15 is 0 Å². The molecule has 26 heavy (non-hydrogen) atoms. The number of ether oxygens (including phenoxy) is 2. The van der Waals surface area contributed by atoms with Gasteiger partial charge in [-0.2, -0.15) is 10.2 Å². The Labute approximate surface area is 153 Å². The first-order chi connectivity index (χ1) is 12.7. The molecular weight excluding hydrogens is 332 g/mol. The molecule has 0 saturated heterocycles. The normalized spacial score (nSPS) is 10.8. The maximum atomic E-state index is 10.4. The maximum absolute atomic E-state index is 10.4. The Balaban J connectivity index is 1.70. The maximum Gasteiger partial charge on any atom is 0.303 e. The first kappa shape index (κ1) is 19.4. The summed E-state index contributed by atoms with van der Waals surface area (Å²) in [6.07, 6.45) is 3.77. The smallest absolute Gasteiger partial charge is 0.303 e. The predicted molar refractivity (Wildman–Crippen MR) is 99.8 cm³/mol. The van der Waals surface area contributed by atoms with Gasteiger partial charge in [0.05, 0.1) is 25.1 Å². The van der Waals surface area contributed by atoms with Crippen molar-refractivity contribution in [3.63, 3.8) is 0 Å². The number of nitrogens with zero attached hydrogens (tertiary/aromatic N) is 2. The minimum atomic E-state index is -0.731. The summed E-state index contributed by atoms with van der Waals surface area (Å²) in [6, 6.07) is 14.8. The third-order valence-corrected chi connectivity index (χ3v) is 3.74. The largest absolute Gasteiger partial charge is 0.497 e. The van der Waals surface area contributed by atoms with Gasteiger partial charge in [0, 0.05) is 6.42 Å². The van der Waals surface area contributed by atoms with Gasteiger partial charge in [-0.05, 0) is 61.4 Å². The molecular formula is C20H24N2O4. The van der Waals surface area contributed by atoms with E-state index in [9.17, 15) is 4.79 Å². The zero-order valence-corrected chi connectivity index (χ0v) is 14.9. The molecule has 0 aliphatic heterocycles. The summed E-state index contributed by atoms with van der Waals surface area (Å²) in [7, 11) is 1.62. The van der Waals surface area contributed by atoms with E-state index in [1.165, 1.54) is 0 Å². The highest BCUT2D eigenvalue weighted by Gasteiger charge is 1.98. The van der Waals surface area contributed by atoms with E-state index in [4.69, 9.17) is 14.6 Å². The number of azo groups is 1. The summed E-state index contributed by atoms with van der Waals surface area (Å²) in [4.78, 5) is 10.4. The van der Waals surface area contributed by atoms with Crippen LogP contribution in [0.25, 0.3) is 0 Å². The summed E-state index contributed by atoms with van der Waals surface area (Å²) in [5.74, 6) is 0.844. The Morgan fingerprint density at radius 1 is 0.846 bits per heavy atom. The lowest BCUT2D eigenvalue weighted by Gasteiger charge is -2.06. The van der Waals surface area contributed by atoms with Crippen molar-refractivity contribution in [2.75, 3.05) is 13.7 Å². The molecule has 2 aromatic carbocycles. The molecule has 0 bridgehead atoms. The number of carboxylic acids is 1. The Morgan fingerprint density at radius 2 is 1.38 bits per heavy atom. The average molecular weight is 356 g/mol. The van der Waals surface area contributed by atoms with Gasteiger partial charge in [0.1, 0.15) is 11.5 Å². The summed E-state index contributed by atoms with van der Waals surface area (Å²) in [6.45, 7) is 0.625. The van der Waals surface area contributed by atoms with Crippen LogP contribution in [0, 0.1) is 0 Å². The first-order valence-electron chi connectivity index (χ1n) is 8.68. The van der Waals surface area contributed by atoms with E-state index in [2.05, 4.69) is 10.2 Å². The fourth-order valence-electron chi connectivity index (χ4n) is 2.30. The molecule has 0 fully saturated rings. The number of carbonyl (C=O) groups is 1. The van der Waals surface area contributed by atoms with Crippen LogP contribution in [0.4, 0.5) is 11.4 Å². The first-order valence-corrected chi connectivity index (χ1v) is 8.68. The Hall–Kier alpha value is -2.89. The van der Waals surface area contributed by atoms with E-state index in [0.717, 1.165) is 48.6 Å². The highest BCUT2D eigenvalue weighted by molar-refractivity contribution is 5.66. The van der Waals surface area contributed by atoms with Crippen LogP contribution in [-0.2, 0) is 4.79 Å². The highest BCUT2D eigenvalue weighted by atomic mass is 16.5. The van der Waals surface area contributed by atoms with Gasteiger partial charge in [-0.1, -0.05) is 12.8 Å². The molecule has 6 nitrogen and oxygen atoms in total. The van der Waals surface area contributed by atoms with Crippen molar-refractivity contribution >= 4 is 17.3 Å². The van der Waals surface area contributed by atoms with Gasteiger partial charge < -0.3 is 14.6 Å². The molecule has 2 rings (SSSR count). The molecule has 0 radical (unpaired) electrons. The lowest BCUT2D eigenvalue weighted by Crippen LogP contribution is -1.98. The van der Waals surface area contributed by atoms with Crippen LogP contribution in [0.5, 0.6) is 11.5 Å². The zero-order chi connectivity index (χ0) is 18.6. The number of aliphatic carboxylic acids is 1. The third-order valence-electron chi connectivity index (χ3n) is 3.74. The molecule has 0 spiro atoms. The van der Waals surface area contributed by atoms with Crippen molar-refractivity contribution in [3.05, 3.63) is 48.5 Å². The Morgan fingerprint density at radius 3 is 1.92 bits per heavy atom. The minimum Gasteiger partial charge on any atom is -0.497 e. The predicted octanol–water partition coefficient (Wildman–Crippen LogP) is 5.52. The highest BCUT2D eigenvalue weighted by Crippen LogP contribution is 2.23. The van der Waals surface area contributed by atoms with Crippen molar-refractivity contribution in [1.82, 2.24) is 0 Å². The molecule has 138 valence electrons. The molecule has 0 aromatic heterocycles. The molecule has 0 aliphatic rings. The molecule has 0 atom stereocenters. The SMILES string of the molecule is COc1ccc(N=Nc2ccc(OCCCCCCC(=O)O)cc2)cc1. The fourth-order valence-corrected chi connectivity index (χ4v) is 2.30. The van der Waals surface area contributed by atoms with Crippen molar-refractivity contribution in [3.8, 4) is 11.5 Å². The number of methoxy groups -OCH3 is 1. The van der Waals surface area contributed by atoms with Crippen LogP contribution >= 0.6 is 0 Å². The van der Waals surface area contributed by atoms with Crippen molar-refractivity contribution < 1.29 is 19.4 Å². The minimum absolute atomic E-state index is 0.243. The lowest BCUT2D eigenvalue weighted by atomic mass is 10.1. The van der Waals surface area contributed by atoms with Crippen LogP contribution in [0.3, 0.4) is 0 Å². The van der Waals surface area contributed by atoms with Crippen LogP contribution in [0.15, 0.2) is 58.8 Å². The monoisotopic (exact) mass is 356 g/mol. The molecule has 0 amide bonds. The van der Waals surface area contributed by atoms with Gasteiger partial charge in [-0.3, -0.25) is 4.79 Å². The Kier molecular flexibility index (Phi) is 8.12. The van der Waals surface area contributed by atoms with Crippen LogP contribution < -0.4 is 9.47 Å². The van der Waals surface area contributed by atoms with Crippen LogP contribution in [0.1, 0.15) is 32.1 Å². The summed E-state index contributed by atoms with van der Waals surface area (Å²) < 4.78 is 10.8. The second kappa shape index (κ2) is 10.9. The van der Waals surface area contributed by atoms with E-state index < -0.39 is 5.97 Å². The summed E-state index contributed by atoms with van der Waals surface area (Å²) >= 11 is 0. The fraction of sp³-hybridized carbons (Fsp3) is 0.350. The molecule has 0 heterocycles. The van der Waals surface area contributed by atoms with Gasteiger partial charge in [-0.15, -0.1) is 0 Å². The van der Waals surface area contributed by atoms with Gasteiger partial charge in [0.15, 0.2) is 0 Å². The molecule has 0 unspecified atom stereocenters. The lowest BCUT2D eigenvalue weighted by molar-refractivity contribution is -0.137. The van der Waals surface area contributed by atoms with E-state index in [0.29, 0.717) is 6.61 Å². The number of benzene rings is 2. The quantitative estimate of drug-likeness (QED) is 0.424. The number of rotatable bonds is 11. The van der Waals surface area contributed by atoms with Gasteiger partial charge in [-0.25, -0.2) is 0 Å². The molecule has 0 saturated carbocycles. The van der Waals surface area contributed by atoms with Crippen molar-refractivity contribution in [2.24, 2.45) is 10.2 Å².